The molecule has 0 saturated carbocycles. The summed E-state index contributed by atoms with van der Waals surface area (Å²) in [5.41, 5.74) is -0.724. The molecule has 0 aromatic heterocycles. The van der Waals surface area contributed by atoms with Crippen LogP contribution in [0.5, 0.6) is 0 Å². The summed E-state index contributed by atoms with van der Waals surface area (Å²) in [5.74, 6) is -0.486. The van der Waals surface area contributed by atoms with Crippen LogP contribution >= 0.6 is 0 Å². The zero-order valence-corrected chi connectivity index (χ0v) is 9.07. The van der Waals surface area contributed by atoms with E-state index in [1.54, 1.807) is 6.92 Å². The van der Waals surface area contributed by atoms with Gasteiger partial charge in [-0.3, -0.25) is 14.9 Å². The van der Waals surface area contributed by atoms with Crippen LogP contribution in [0.1, 0.15) is 13.8 Å². The molecule has 0 aliphatic carbocycles. The molecule has 15 heavy (non-hydrogen) atoms. The van der Waals surface area contributed by atoms with Crippen molar-refractivity contribution in [3.05, 3.63) is 0 Å². The summed E-state index contributed by atoms with van der Waals surface area (Å²) >= 11 is 0. The zero-order valence-electron chi connectivity index (χ0n) is 9.07. The molecule has 5 nitrogen and oxygen atoms in total. The molecular weight excluding hydrogens is 198 g/mol. The second-order valence-corrected chi connectivity index (χ2v) is 4.41. The van der Waals surface area contributed by atoms with E-state index in [4.69, 9.17) is 9.47 Å². The molecule has 0 radical (unpaired) electrons. The van der Waals surface area contributed by atoms with Crippen molar-refractivity contribution in [3.8, 4) is 0 Å². The van der Waals surface area contributed by atoms with E-state index in [9.17, 15) is 9.59 Å². The molecule has 84 valence electrons. The van der Waals surface area contributed by atoms with Crippen LogP contribution in [0.3, 0.4) is 0 Å². The van der Waals surface area contributed by atoms with Gasteiger partial charge in [0, 0.05) is 5.92 Å². The van der Waals surface area contributed by atoms with Gasteiger partial charge < -0.3 is 9.47 Å². The Morgan fingerprint density at radius 3 is 2.87 bits per heavy atom. The first kappa shape index (κ1) is 10.4. The lowest BCUT2D eigenvalue weighted by Crippen LogP contribution is -2.49. The second kappa shape index (κ2) is 3.20. The third-order valence-corrected chi connectivity index (χ3v) is 3.63. The van der Waals surface area contributed by atoms with E-state index < -0.39 is 11.6 Å². The summed E-state index contributed by atoms with van der Waals surface area (Å²) in [5, 5.41) is 3.03. The molecule has 0 aromatic rings. The van der Waals surface area contributed by atoms with Crippen molar-refractivity contribution >= 4 is 11.9 Å². The number of rotatable bonds is 1. The number of cyclic esters (lactones) is 1. The predicted octanol–water partition coefficient (Wildman–Crippen LogP) is -0.301. The first-order chi connectivity index (χ1) is 7.00. The minimum absolute atomic E-state index is 0.0499. The molecule has 2 aliphatic heterocycles. The number of esters is 2. The Labute approximate surface area is 88.1 Å². The van der Waals surface area contributed by atoms with E-state index >= 15 is 0 Å². The Morgan fingerprint density at radius 1 is 1.67 bits per heavy atom. The fourth-order valence-electron chi connectivity index (χ4n) is 2.56. The smallest absolute Gasteiger partial charge is 0.326 e. The quantitative estimate of drug-likeness (QED) is 0.606. The topological polar surface area (TPSA) is 64.6 Å². The number of carbonyl (C=O) groups is 2. The summed E-state index contributed by atoms with van der Waals surface area (Å²) in [6.45, 7) is 4.11. The largest absolute Gasteiger partial charge is 0.468 e. The van der Waals surface area contributed by atoms with Gasteiger partial charge in [0.15, 0.2) is 0 Å². The van der Waals surface area contributed by atoms with Gasteiger partial charge in [0.1, 0.15) is 11.6 Å². The van der Waals surface area contributed by atoms with Crippen molar-refractivity contribution in [1.82, 2.24) is 5.32 Å². The molecule has 0 amide bonds. The summed E-state index contributed by atoms with van der Waals surface area (Å²) < 4.78 is 9.70. The Balaban J connectivity index is 2.25. The summed E-state index contributed by atoms with van der Waals surface area (Å²) in [4.78, 5) is 23.0. The van der Waals surface area contributed by atoms with Crippen LogP contribution in [0.4, 0.5) is 0 Å². The number of fused-ring (bicyclic) bond motifs is 1. The minimum atomic E-state index is -0.724. The van der Waals surface area contributed by atoms with Crippen LogP contribution in [-0.2, 0) is 19.1 Å². The van der Waals surface area contributed by atoms with E-state index in [1.807, 2.05) is 6.92 Å². The number of hydrogen-bond donors (Lipinski definition) is 1. The molecular formula is C10H15NO4. The molecule has 0 unspecified atom stereocenters. The summed E-state index contributed by atoms with van der Waals surface area (Å²) in [6.07, 6.45) is 0. The number of carbonyl (C=O) groups excluding carboxylic acids is 2. The van der Waals surface area contributed by atoms with Gasteiger partial charge in [-0.05, 0) is 12.8 Å². The van der Waals surface area contributed by atoms with Crippen LogP contribution in [0.15, 0.2) is 0 Å². The molecule has 2 saturated heterocycles. The molecule has 5 heteroatoms. The number of hydrogen-bond acceptors (Lipinski definition) is 5. The first-order valence-electron chi connectivity index (χ1n) is 5.03. The monoisotopic (exact) mass is 213 g/mol. The average Bonchev–Trinajstić information content (AvgIpc) is 2.64. The lowest BCUT2D eigenvalue weighted by molar-refractivity contribution is -0.146. The highest BCUT2D eigenvalue weighted by Gasteiger charge is 2.60. The van der Waals surface area contributed by atoms with Crippen molar-refractivity contribution < 1.29 is 19.1 Å². The normalized spacial score (nSPS) is 43.7. The maximum Gasteiger partial charge on any atom is 0.326 e. The Kier molecular flexibility index (Phi) is 2.22. The van der Waals surface area contributed by atoms with Gasteiger partial charge in [-0.1, -0.05) is 6.92 Å². The van der Waals surface area contributed by atoms with Gasteiger partial charge in [0.25, 0.3) is 0 Å². The van der Waals surface area contributed by atoms with Gasteiger partial charge in [-0.2, -0.15) is 0 Å². The average molecular weight is 213 g/mol. The third kappa shape index (κ3) is 1.26. The fourth-order valence-corrected chi connectivity index (χ4v) is 2.56. The van der Waals surface area contributed by atoms with Gasteiger partial charge in [0.2, 0.25) is 0 Å². The van der Waals surface area contributed by atoms with Gasteiger partial charge >= 0.3 is 11.9 Å². The van der Waals surface area contributed by atoms with E-state index in [0.717, 1.165) is 0 Å². The molecule has 2 heterocycles. The van der Waals surface area contributed by atoms with E-state index in [1.165, 1.54) is 7.11 Å². The Hall–Kier alpha value is -1.10. The van der Waals surface area contributed by atoms with Crippen LogP contribution in [0.2, 0.25) is 0 Å². The Bertz CT molecular complexity index is 317. The maximum absolute atomic E-state index is 11.5. The SMILES string of the molecule is COC(=O)[C@H]1N[C@@]2(C)C(=O)OC[C@H]2[C@@H]1C. The lowest BCUT2D eigenvalue weighted by Gasteiger charge is -2.19. The van der Waals surface area contributed by atoms with Gasteiger partial charge in [-0.25, -0.2) is 0 Å². The third-order valence-electron chi connectivity index (χ3n) is 3.63. The van der Waals surface area contributed by atoms with Crippen LogP contribution < -0.4 is 5.32 Å². The van der Waals surface area contributed by atoms with Gasteiger partial charge in [0.05, 0.1) is 13.7 Å². The standard InChI is InChI=1S/C10H15NO4/c1-5-6-4-15-9(13)10(6,2)11-7(5)8(12)14-3/h5-7,11H,4H2,1-3H3/t5-,6-,7-,10+/m0/s1. The molecule has 0 bridgehead atoms. The highest BCUT2D eigenvalue weighted by Crippen LogP contribution is 2.40. The van der Waals surface area contributed by atoms with Crippen molar-refractivity contribution in [2.24, 2.45) is 11.8 Å². The van der Waals surface area contributed by atoms with Crippen LogP contribution in [0, 0.1) is 11.8 Å². The number of nitrogens with one attached hydrogen (secondary N) is 1. The van der Waals surface area contributed by atoms with Crippen molar-refractivity contribution in [2.75, 3.05) is 13.7 Å². The van der Waals surface area contributed by atoms with Gasteiger partial charge in [-0.15, -0.1) is 0 Å². The Morgan fingerprint density at radius 2 is 2.33 bits per heavy atom. The predicted molar refractivity (Wildman–Crippen MR) is 51.0 cm³/mol. The highest BCUT2D eigenvalue weighted by molar-refractivity contribution is 5.86. The molecule has 2 aliphatic rings. The first-order valence-corrected chi connectivity index (χ1v) is 5.03. The fraction of sp³-hybridized carbons (Fsp3) is 0.800. The number of ether oxygens (including phenoxy) is 2. The summed E-state index contributed by atoms with van der Waals surface area (Å²) in [7, 11) is 1.35. The lowest BCUT2D eigenvalue weighted by atomic mass is 9.83. The van der Waals surface area contributed by atoms with E-state index in [-0.39, 0.29) is 23.8 Å². The molecule has 4 atom stereocenters. The van der Waals surface area contributed by atoms with E-state index in [0.29, 0.717) is 6.61 Å². The van der Waals surface area contributed by atoms with Crippen LogP contribution in [0.25, 0.3) is 0 Å². The second-order valence-electron chi connectivity index (χ2n) is 4.41. The van der Waals surface area contributed by atoms with Crippen molar-refractivity contribution in [2.45, 2.75) is 25.4 Å². The molecule has 0 spiro atoms. The number of methoxy groups -OCH3 is 1. The maximum atomic E-state index is 11.5. The van der Waals surface area contributed by atoms with Crippen molar-refractivity contribution in [1.29, 1.82) is 0 Å². The molecule has 1 N–H and O–H groups in total. The minimum Gasteiger partial charge on any atom is -0.468 e. The highest BCUT2D eigenvalue weighted by atomic mass is 16.5. The molecule has 2 fully saturated rings. The molecule has 2 rings (SSSR count). The molecule has 0 aromatic carbocycles. The van der Waals surface area contributed by atoms with E-state index in [2.05, 4.69) is 5.32 Å². The summed E-state index contributed by atoms with van der Waals surface area (Å²) in [6, 6.07) is -0.405. The van der Waals surface area contributed by atoms with Crippen LogP contribution in [-0.4, -0.2) is 37.2 Å². The zero-order chi connectivity index (χ0) is 11.2. The van der Waals surface area contributed by atoms with Crippen molar-refractivity contribution in [3.63, 3.8) is 0 Å².